The van der Waals surface area contributed by atoms with Gasteiger partial charge in [-0.15, -0.1) is 0 Å². The third kappa shape index (κ3) is 63.8. The number of carbonyl (C=O) groups is 2. The highest BCUT2D eigenvalue weighted by atomic mass is 16.5. The molecule has 78 heavy (non-hydrogen) atoms. The maximum atomic E-state index is 12.5. The fraction of sp³-hybridized carbons (Fsp3) is 0.944. The van der Waals surface area contributed by atoms with Crippen molar-refractivity contribution in [3.05, 3.63) is 12.2 Å². The van der Waals surface area contributed by atoms with Crippen LogP contribution in [0.1, 0.15) is 412 Å². The van der Waals surface area contributed by atoms with E-state index in [2.05, 4.69) is 31.3 Å². The number of hydrogen-bond donors (Lipinski definition) is 3. The van der Waals surface area contributed by atoms with Crippen LogP contribution in [0.2, 0.25) is 0 Å². The number of rotatable bonds is 68. The van der Waals surface area contributed by atoms with Crippen LogP contribution in [0.4, 0.5) is 0 Å². The summed E-state index contributed by atoms with van der Waals surface area (Å²) in [6.45, 7) is 5.00. The number of carbonyl (C=O) groups excluding carboxylic acids is 2. The van der Waals surface area contributed by atoms with Gasteiger partial charge in [-0.05, 0) is 51.4 Å². The Labute approximate surface area is 489 Å². The lowest BCUT2D eigenvalue weighted by molar-refractivity contribution is -0.143. The number of amides is 1. The average Bonchev–Trinajstić information content (AvgIpc) is 3.44. The number of nitrogens with one attached hydrogen (secondary N) is 1. The SMILES string of the molecule is CCCCCCCCCCCCCCCCCCCCCCCCC(O)C(CO)NC(=O)CCCCCCCCC/C=C\CCCCCCCCCCCCCOC(=O)CCCCCCCCCCCCCCCCCCC. The van der Waals surface area contributed by atoms with Crippen molar-refractivity contribution in [1.82, 2.24) is 5.32 Å². The monoisotopic (exact) mass is 1100 g/mol. The molecule has 0 aromatic rings. The molecule has 0 spiro atoms. The van der Waals surface area contributed by atoms with Gasteiger partial charge in [-0.1, -0.05) is 360 Å². The van der Waals surface area contributed by atoms with Gasteiger partial charge in [0.2, 0.25) is 5.91 Å². The molecule has 0 saturated heterocycles. The molecule has 2 atom stereocenters. The Bertz CT molecular complexity index is 1180. The molecule has 0 fully saturated rings. The molecule has 0 rings (SSSR count). The predicted octanol–water partition coefficient (Wildman–Crippen LogP) is 23.1. The molecule has 0 aromatic heterocycles. The number of ether oxygens (including phenoxy) is 1. The zero-order valence-electron chi connectivity index (χ0n) is 53.2. The third-order valence-corrected chi connectivity index (χ3v) is 17.1. The van der Waals surface area contributed by atoms with E-state index in [0.717, 1.165) is 38.5 Å². The van der Waals surface area contributed by atoms with Gasteiger partial charge in [0, 0.05) is 12.8 Å². The summed E-state index contributed by atoms with van der Waals surface area (Å²) in [5.41, 5.74) is 0. The molecule has 0 aliphatic carbocycles. The second-order valence-electron chi connectivity index (χ2n) is 24.9. The van der Waals surface area contributed by atoms with E-state index in [1.54, 1.807) is 0 Å². The summed E-state index contributed by atoms with van der Waals surface area (Å²) in [4.78, 5) is 24.6. The number of esters is 1. The van der Waals surface area contributed by atoms with Gasteiger partial charge in [0.1, 0.15) is 0 Å². The highest BCUT2D eigenvalue weighted by Crippen LogP contribution is 2.19. The Morgan fingerprint density at radius 2 is 0.603 bits per heavy atom. The first kappa shape index (κ1) is 76.6. The highest BCUT2D eigenvalue weighted by molar-refractivity contribution is 5.76. The zero-order valence-corrected chi connectivity index (χ0v) is 53.2. The fourth-order valence-corrected chi connectivity index (χ4v) is 11.6. The quantitative estimate of drug-likeness (QED) is 0.0320. The van der Waals surface area contributed by atoms with Crippen molar-refractivity contribution in [2.45, 2.75) is 424 Å². The highest BCUT2D eigenvalue weighted by Gasteiger charge is 2.20. The van der Waals surface area contributed by atoms with Gasteiger partial charge in [-0.25, -0.2) is 0 Å². The van der Waals surface area contributed by atoms with E-state index in [9.17, 15) is 19.8 Å². The summed E-state index contributed by atoms with van der Waals surface area (Å²) in [5, 5.41) is 23.4. The molecule has 0 aliphatic rings. The second kappa shape index (κ2) is 68.1. The first-order chi connectivity index (χ1) is 38.5. The van der Waals surface area contributed by atoms with Crippen LogP contribution in [0.25, 0.3) is 0 Å². The smallest absolute Gasteiger partial charge is 0.305 e. The Morgan fingerprint density at radius 1 is 0.346 bits per heavy atom. The fourth-order valence-electron chi connectivity index (χ4n) is 11.6. The lowest BCUT2D eigenvalue weighted by Gasteiger charge is -2.22. The molecule has 6 nitrogen and oxygen atoms in total. The molecule has 0 aromatic carbocycles. The largest absolute Gasteiger partial charge is 0.466 e. The molecule has 6 heteroatoms. The lowest BCUT2D eigenvalue weighted by Crippen LogP contribution is -2.45. The standard InChI is InChI=1S/C72H141NO5/c1-3-5-7-9-11-13-15-17-19-21-22-23-26-29-33-36-40-44-48-52-56-60-64-70(75)69(68-74)73-71(76)65-61-57-53-49-45-41-37-34-30-27-24-25-28-31-35-39-43-47-51-55-59-63-67-78-72(77)66-62-58-54-50-46-42-38-32-20-18-16-14-12-10-8-6-4-2/h27,30,69-70,74-75H,3-26,28-29,31-68H2,1-2H3,(H,73,76)/b30-27-. The van der Waals surface area contributed by atoms with E-state index in [1.165, 1.54) is 340 Å². The minimum atomic E-state index is -0.669. The molecular formula is C72H141NO5. The first-order valence-electron chi connectivity index (χ1n) is 35.9. The maximum Gasteiger partial charge on any atom is 0.305 e. The Morgan fingerprint density at radius 3 is 0.910 bits per heavy atom. The minimum absolute atomic E-state index is 0.0153. The van der Waals surface area contributed by atoms with Crippen molar-refractivity contribution >= 4 is 11.9 Å². The summed E-state index contributed by atoms with van der Waals surface area (Å²) in [6.07, 6.45) is 84.0. The molecule has 3 N–H and O–H groups in total. The van der Waals surface area contributed by atoms with Crippen LogP contribution < -0.4 is 5.32 Å². The molecule has 464 valence electrons. The van der Waals surface area contributed by atoms with Crippen LogP contribution in [-0.4, -0.2) is 47.4 Å². The summed E-state index contributed by atoms with van der Waals surface area (Å²) in [7, 11) is 0. The van der Waals surface area contributed by atoms with E-state index in [-0.39, 0.29) is 18.5 Å². The summed E-state index contributed by atoms with van der Waals surface area (Å²) in [5.74, 6) is -0.0216. The van der Waals surface area contributed by atoms with Crippen molar-refractivity contribution in [2.24, 2.45) is 0 Å². The molecular weight excluding hydrogens is 959 g/mol. The molecule has 0 radical (unpaired) electrons. The third-order valence-electron chi connectivity index (χ3n) is 17.1. The van der Waals surface area contributed by atoms with Crippen molar-refractivity contribution in [3.63, 3.8) is 0 Å². The van der Waals surface area contributed by atoms with Gasteiger partial charge in [0.05, 0.1) is 25.4 Å². The van der Waals surface area contributed by atoms with Crippen LogP contribution in [0, 0.1) is 0 Å². The van der Waals surface area contributed by atoms with E-state index < -0.39 is 12.1 Å². The van der Waals surface area contributed by atoms with Crippen LogP contribution >= 0.6 is 0 Å². The van der Waals surface area contributed by atoms with Gasteiger partial charge in [0.25, 0.3) is 0 Å². The Balaban J connectivity index is 3.39. The van der Waals surface area contributed by atoms with Gasteiger partial charge >= 0.3 is 5.97 Å². The van der Waals surface area contributed by atoms with E-state index in [0.29, 0.717) is 25.9 Å². The predicted molar refractivity (Wildman–Crippen MR) is 343 cm³/mol. The lowest BCUT2D eigenvalue weighted by atomic mass is 10.0. The number of hydrogen-bond acceptors (Lipinski definition) is 5. The van der Waals surface area contributed by atoms with Gasteiger partial charge in [0.15, 0.2) is 0 Å². The molecule has 0 saturated carbocycles. The number of allylic oxidation sites excluding steroid dienone is 2. The average molecular weight is 1100 g/mol. The topological polar surface area (TPSA) is 95.9 Å². The van der Waals surface area contributed by atoms with E-state index in [4.69, 9.17) is 4.74 Å². The summed E-state index contributed by atoms with van der Waals surface area (Å²) in [6, 6.07) is -0.547. The van der Waals surface area contributed by atoms with Crippen LogP contribution in [0.15, 0.2) is 12.2 Å². The van der Waals surface area contributed by atoms with Crippen molar-refractivity contribution in [3.8, 4) is 0 Å². The summed E-state index contributed by atoms with van der Waals surface area (Å²) < 4.78 is 5.50. The molecule has 1 amide bonds. The van der Waals surface area contributed by atoms with Crippen LogP contribution in [0.5, 0.6) is 0 Å². The van der Waals surface area contributed by atoms with Crippen molar-refractivity contribution < 1.29 is 24.5 Å². The molecule has 0 bridgehead atoms. The van der Waals surface area contributed by atoms with Gasteiger partial charge in [-0.2, -0.15) is 0 Å². The number of aliphatic hydroxyl groups excluding tert-OH is 2. The van der Waals surface area contributed by atoms with Crippen molar-refractivity contribution in [1.29, 1.82) is 0 Å². The van der Waals surface area contributed by atoms with E-state index >= 15 is 0 Å². The second-order valence-corrected chi connectivity index (χ2v) is 24.9. The number of aliphatic hydroxyl groups is 2. The normalized spacial score (nSPS) is 12.5. The summed E-state index contributed by atoms with van der Waals surface area (Å²) >= 11 is 0. The first-order valence-corrected chi connectivity index (χ1v) is 35.9. The minimum Gasteiger partial charge on any atom is -0.466 e. The molecule has 0 aliphatic heterocycles. The van der Waals surface area contributed by atoms with Gasteiger partial charge in [-0.3, -0.25) is 9.59 Å². The molecule has 2 unspecified atom stereocenters. The van der Waals surface area contributed by atoms with E-state index in [1.807, 2.05) is 0 Å². The Kier molecular flexibility index (Phi) is 66.9. The molecule has 0 heterocycles. The van der Waals surface area contributed by atoms with Crippen LogP contribution in [-0.2, 0) is 14.3 Å². The Hall–Kier alpha value is -1.40. The zero-order chi connectivity index (χ0) is 56.4. The number of unbranched alkanes of at least 4 members (excludes halogenated alkanes) is 55. The van der Waals surface area contributed by atoms with Gasteiger partial charge < -0.3 is 20.3 Å². The van der Waals surface area contributed by atoms with Crippen LogP contribution in [0.3, 0.4) is 0 Å². The van der Waals surface area contributed by atoms with Crippen molar-refractivity contribution in [2.75, 3.05) is 13.2 Å². The maximum absolute atomic E-state index is 12.5.